The number of carbonyl (C=O) groups is 2. The lowest BCUT2D eigenvalue weighted by molar-refractivity contribution is -0.123. The maximum Gasteiger partial charge on any atom is 0.254 e. The van der Waals surface area contributed by atoms with Crippen molar-refractivity contribution >= 4 is 17.5 Å². The third-order valence-electron chi connectivity index (χ3n) is 4.10. The molecule has 2 saturated heterocycles. The molecule has 0 saturated carbocycles. The van der Waals surface area contributed by atoms with Gasteiger partial charge in [-0.15, -0.1) is 0 Å². The maximum absolute atomic E-state index is 13.2. The van der Waals surface area contributed by atoms with E-state index in [9.17, 15) is 14.0 Å². The van der Waals surface area contributed by atoms with E-state index in [1.807, 2.05) is 0 Å². The van der Waals surface area contributed by atoms with E-state index in [1.54, 1.807) is 4.90 Å². The molecule has 0 radical (unpaired) electrons. The average molecular weight is 277 g/mol. The van der Waals surface area contributed by atoms with Crippen LogP contribution in [-0.4, -0.2) is 35.8 Å². The molecule has 5 nitrogen and oxygen atoms in total. The summed E-state index contributed by atoms with van der Waals surface area (Å²) in [7, 11) is 0. The standard InChI is InChI=1S/C14H16FN3O2/c15-10-4-3-8(6-11(10)16)14(20)18-5-1-2-9-12(18)7-17-13(9)19/h3-4,6,9,12H,1-2,5,7,16H2,(H,17,19). The molecule has 2 aliphatic heterocycles. The molecule has 6 heteroatoms. The number of piperidine rings is 1. The third-order valence-corrected chi connectivity index (χ3v) is 4.10. The van der Waals surface area contributed by atoms with Crippen LogP contribution in [0, 0.1) is 11.7 Å². The van der Waals surface area contributed by atoms with Gasteiger partial charge in [0.2, 0.25) is 5.91 Å². The van der Waals surface area contributed by atoms with E-state index in [0.29, 0.717) is 18.7 Å². The van der Waals surface area contributed by atoms with Gasteiger partial charge in [-0.1, -0.05) is 0 Å². The Morgan fingerprint density at radius 1 is 1.45 bits per heavy atom. The van der Waals surface area contributed by atoms with Crippen LogP contribution in [0.5, 0.6) is 0 Å². The molecule has 0 spiro atoms. The second kappa shape index (κ2) is 4.77. The minimum absolute atomic E-state index is 0.0196. The van der Waals surface area contributed by atoms with Gasteiger partial charge in [-0.25, -0.2) is 4.39 Å². The van der Waals surface area contributed by atoms with Crippen molar-refractivity contribution in [2.75, 3.05) is 18.8 Å². The van der Waals surface area contributed by atoms with Crippen molar-refractivity contribution in [1.29, 1.82) is 0 Å². The molecule has 2 unspecified atom stereocenters. The lowest BCUT2D eigenvalue weighted by Crippen LogP contribution is -2.48. The Balaban J connectivity index is 1.86. The molecule has 2 aliphatic rings. The fourth-order valence-corrected chi connectivity index (χ4v) is 3.05. The molecule has 106 valence electrons. The number of nitrogens with zero attached hydrogens (tertiary/aromatic N) is 1. The third kappa shape index (κ3) is 2.01. The Kier molecular flexibility index (Phi) is 3.08. The average Bonchev–Trinajstić information content (AvgIpc) is 2.83. The van der Waals surface area contributed by atoms with Gasteiger partial charge in [0, 0.05) is 18.7 Å². The van der Waals surface area contributed by atoms with Crippen LogP contribution in [0.4, 0.5) is 10.1 Å². The lowest BCUT2D eigenvalue weighted by atomic mass is 9.91. The number of carbonyl (C=O) groups excluding carboxylic acids is 2. The molecule has 1 aromatic rings. The number of hydrogen-bond acceptors (Lipinski definition) is 3. The highest BCUT2D eigenvalue weighted by molar-refractivity contribution is 5.96. The normalized spacial score (nSPS) is 25.2. The van der Waals surface area contributed by atoms with Crippen molar-refractivity contribution in [3.05, 3.63) is 29.6 Å². The van der Waals surface area contributed by atoms with Crippen molar-refractivity contribution in [2.24, 2.45) is 5.92 Å². The van der Waals surface area contributed by atoms with Gasteiger partial charge in [0.1, 0.15) is 5.82 Å². The first-order valence-corrected chi connectivity index (χ1v) is 6.71. The summed E-state index contributed by atoms with van der Waals surface area (Å²) in [6.07, 6.45) is 1.61. The fraction of sp³-hybridized carbons (Fsp3) is 0.429. The van der Waals surface area contributed by atoms with Crippen LogP contribution in [-0.2, 0) is 4.79 Å². The minimum atomic E-state index is -0.532. The lowest BCUT2D eigenvalue weighted by Gasteiger charge is -2.36. The second-order valence-corrected chi connectivity index (χ2v) is 5.30. The van der Waals surface area contributed by atoms with E-state index >= 15 is 0 Å². The van der Waals surface area contributed by atoms with Crippen LogP contribution >= 0.6 is 0 Å². The van der Waals surface area contributed by atoms with Crippen LogP contribution in [0.15, 0.2) is 18.2 Å². The van der Waals surface area contributed by atoms with E-state index in [1.165, 1.54) is 18.2 Å². The first-order valence-electron chi connectivity index (χ1n) is 6.71. The molecular formula is C14H16FN3O2. The highest BCUT2D eigenvalue weighted by atomic mass is 19.1. The Morgan fingerprint density at radius 2 is 2.25 bits per heavy atom. The van der Waals surface area contributed by atoms with Crippen LogP contribution in [0.2, 0.25) is 0 Å². The van der Waals surface area contributed by atoms with Crippen LogP contribution in [0.25, 0.3) is 0 Å². The second-order valence-electron chi connectivity index (χ2n) is 5.30. The van der Waals surface area contributed by atoms with Gasteiger partial charge in [0.05, 0.1) is 17.6 Å². The van der Waals surface area contributed by atoms with Gasteiger partial charge in [0.25, 0.3) is 5.91 Å². The summed E-state index contributed by atoms with van der Waals surface area (Å²) >= 11 is 0. The van der Waals surface area contributed by atoms with Crippen molar-refractivity contribution in [2.45, 2.75) is 18.9 Å². The van der Waals surface area contributed by atoms with Crippen LogP contribution in [0.3, 0.4) is 0 Å². The summed E-state index contributed by atoms with van der Waals surface area (Å²) < 4.78 is 13.2. The summed E-state index contributed by atoms with van der Waals surface area (Å²) in [6.45, 7) is 1.11. The molecule has 20 heavy (non-hydrogen) atoms. The van der Waals surface area contributed by atoms with E-state index in [-0.39, 0.29) is 29.5 Å². The molecule has 2 atom stereocenters. The number of amides is 2. The number of likely N-dealkylation sites (tertiary alicyclic amines) is 1. The Hall–Kier alpha value is -2.11. The van der Waals surface area contributed by atoms with E-state index in [4.69, 9.17) is 5.73 Å². The molecule has 3 N–H and O–H groups in total. The predicted molar refractivity (Wildman–Crippen MR) is 71.4 cm³/mol. The van der Waals surface area contributed by atoms with Gasteiger partial charge in [0.15, 0.2) is 0 Å². The Bertz CT molecular complexity index is 576. The number of nitrogen functional groups attached to an aromatic ring is 1. The zero-order valence-corrected chi connectivity index (χ0v) is 10.9. The Labute approximate surface area is 115 Å². The van der Waals surface area contributed by atoms with Gasteiger partial charge >= 0.3 is 0 Å². The smallest absolute Gasteiger partial charge is 0.254 e. The molecule has 1 aromatic carbocycles. The van der Waals surface area contributed by atoms with Crippen LogP contribution < -0.4 is 11.1 Å². The quantitative estimate of drug-likeness (QED) is 0.744. The predicted octanol–water partition coefficient (Wildman–Crippen LogP) is 0.759. The number of rotatable bonds is 1. The van der Waals surface area contributed by atoms with Crippen molar-refractivity contribution in [3.8, 4) is 0 Å². The molecule has 2 heterocycles. The summed E-state index contributed by atoms with van der Waals surface area (Å²) in [5, 5.41) is 2.80. The van der Waals surface area contributed by atoms with Crippen molar-refractivity contribution in [1.82, 2.24) is 10.2 Å². The first-order chi connectivity index (χ1) is 9.58. The van der Waals surface area contributed by atoms with E-state index in [2.05, 4.69) is 5.32 Å². The summed E-state index contributed by atoms with van der Waals surface area (Å²) in [6, 6.07) is 3.88. The van der Waals surface area contributed by atoms with Crippen molar-refractivity contribution < 1.29 is 14.0 Å². The molecule has 2 fully saturated rings. The maximum atomic E-state index is 13.2. The topological polar surface area (TPSA) is 75.4 Å². The Morgan fingerprint density at radius 3 is 3.00 bits per heavy atom. The fourth-order valence-electron chi connectivity index (χ4n) is 3.05. The van der Waals surface area contributed by atoms with Crippen LogP contribution in [0.1, 0.15) is 23.2 Å². The molecule has 0 bridgehead atoms. The summed E-state index contributed by atoms with van der Waals surface area (Å²) in [5.41, 5.74) is 5.83. The monoisotopic (exact) mass is 277 g/mol. The van der Waals surface area contributed by atoms with Gasteiger partial charge in [-0.2, -0.15) is 0 Å². The number of benzene rings is 1. The first kappa shape index (κ1) is 12.9. The zero-order chi connectivity index (χ0) is 14.3. The largest absolute Gasteiger partial charge is 0.396 e. The summed E-state index contributed by atoms with van der Waals surface area (Å²) in [4.78, 5) is 25.9. The van der Waals surface area contributed by atoms with Gasteiger partial charge in [-0.3, -0.25) is 9.59 Å². The number of halogens is 1. The SMILES string of the molecule is Nc1cc(C(=O)N2CCCC3C(=O)NCC32)ccc1F. The number of fused-ring (bicyclic) bond motifs is 1. The van der Waals surface area contributed by atoms with Gasteiger partial charge < -0.3 is 16.0 Å². The zero-order valence-electron chi connectivity index (χ0n) is 10.9. The highest BCUT2D eigenvalue weighted by Gasteiger charge is 2.42. The molecular weight excluding hydrogens is 261 g/mol. The number of anilines is 1. The van der Waals surface area contributed by atoms with Gasteiger partial charge in [-0.05, 0) is 31.0 Å². The highest BCUT2D eigenvalue weighted by Crippen LogP contribution is 2.29. The number of hydrogen-bond donors (Lipinski definition) is 2. The molecule has 3 rings (SSSR count). The van der Waals surface area contributed by atoms with E-state index < -0.39 is 5.82 Å². The minimum Gasteiger partial charge on any atom is -0.396 e. The molecule has 0 aromatic heterocycles. The molecule has 0 aliphatic carbocycles. The van der Waals surface area contributed by atoms with E-state index in [0.717, 1.165) is 12.8 Å². The summed E-state index contributed by atoms with van der Waals surface area (Å²) in [5.74, 6) is -0.824. The number of nitrogens with two attached hydrogens (primary N) is 1. The number of nitrogens with one attached hydrogen (secondary N) is 1. The van der Waals surface area contributed by atoms with Crippen molar-refractivity contribution in [3.63, 3.8) is 0 Å². The molecule has 2 amide bonds.